The second-order valence-electron chi connectivity index (χ2n) is 5.20. The van der Waals surface area contributed by atoms with Crippen LogP contribution < -0.4 is 11.1 Å². The minimum atomic E-state index is 0.0706. The summed E-state index contributed by atoms with van der Waals surface area (Å²) in [5.74, 6) is 0.436. The quantitative estimate of drug-likeness (QED) is 0.504. The molecule has 2 rings (SSSR count). The molecule has 1 aromatic rings. The summed E-state index contributed by atoms with van der Waals surface area (Å²) in [6.07, 6.45) is 7.22. The van der Waals surface area contributed by atoms with E-state index in [9.17, 15) is 4.79 Å². The number of hydrogen-bond acceptors (Lipinski definition) is 3. The first-order valence-electron chi connectivity index (χ1n) is 7.13. The van der Waals surface area contributed by atoms with Crippen molar-refractivity contribution in [3.63, 3.8) is 0 Å². The molecule has 3 N–H and O–H groups in total. The first kappa shape index (κ1) is 15.5. The SMILES string of the molecule is Nc1cccc(Cl)c1SCC(=O)NC1CCCCCC1. The van der Waals surface area contributed by atoms with Crippen LogP contribution in [0.15, 0.2) is 23.1 Å². The third-order valence-corrected chi connectivity index (χ3v) is 5.14. The van der Waals surface area contributed by atoms with Crippen LogP contribution in [0.5, 0.6) is 0 Å². The van der Waals surface area contributed by atoms with E-state index in [1.807, 2.05) is 6.07 Å². The maximum Gasteiger partial charge on any atom is 0.230 e. The van der Waals surface area contributed by atoms with Gasteiger partial charge in [0.25, 0.3) is 0 Å². The summed E-state index contributed by atoms with van der Waals surface area (Å²) in [5.41, 5.74) is 6.50. The van der Waals surface area contributed by atoms with Crippen LogP contribution in [0.25, 0.3) is 0 Å². The highest BCUT2D eigenvalue weighted by atomic mass is 35.5. The molecule has 3 nitrogen and oxygen atoms in total. The van der Waals surface area contributed by atoms with Crippen molar-refractivity contribution in [1.82, 2.24) is 5.32 Å². The number of nitrogens with two attached hydrogens (primary N) is 1. The molecule has 0 heterocycles. The van der Waals surface area contributed by atoms with E-state index in [4.69, 9.17) is 17.3 Å². The van der Waals surface area contributed by atoms with Gasteiger partial charge < -0.3 is 11.1 Å². The summed E-state index contributed by atoms with van der Waals surface area (Å²) in [7, 11) is 0. The maximum absolute atomic E-state index is 12.0. The van der Waals surface area contributed by atoms with Gasteiger partial charge in [0.1, 0.15) is 0 Å². The van der Waals surface area contributed by atoms with E-state index in [1.165, 1.54) is 37.4 Å². The fourth-order valence-corrected chi connectivity index (χ4v) is 3.65. The predicted octanol–water partition coefficient (Wildman–Crippen LogP) is 3.85. The second-order valence-corrected chi connectivity index (χ2v) is 6.60. The van der Waals surface area contributed by atoms with Crippen LogP contribution in [0.1, 0.15) is 38.5 Å². The Hall–Kier alpha value is -0.870. The van der Waals surface area contributed by atoms with E-state index in [0.29, 0.717) is 22.5 Å². The number of nitrogens with one attached hydrogen (secondary N) is 1. The van der Waals surface area contributed by atoms with Crippen LogP contribution in [0, 0.1) is 0 Å². The standard InChI is InChI=1S/C15H21ClN2OS/c16-12-8-5-9-13(17)15(12)20-10-14(19)18-11-6-3-1-2-4-7-11/h5,8-9,11H,1-4,6-7,10,17H2,(H,18,19). The summed E-state index contributed by atoms with van der Waals surface area (Å²) in [4.78, 5) is 12.8. The average molecular weight is 313 g/mol. The van der Waals surface area contributed by atoms with E-state index >= 15 is 0 Å². The predicted molar refractivity (Wildman–Crippen MR) is 86.2 cm³/mol. The van der Waals surface area contributed by atoms with Crippen molar-refractivity contribution < 1.29 is 4.79 Å². The first-order chi connectivity index (χ1) is 9.66. The molecule has 1 saturated carbocycles. The molecule has 110 valence electrons. The van der Waals surface area contributed by atoms with Gasteiger partial charge in [-0.15, -0.1) is 11.8 Å². The Bertz CT molecular complexity index is 439. The molecule has 0 unspecified atom stereocenters. The van der Waals surface area contributed by atoms with Crippen LogP contribution in [0.4, 0.5) is 5.69 Å². The first-order valence-corrected chi connectivity index (χ1v) is 8.49. The molecule has 0 radical (unpaired) electrons. The van der Waals surface area contributed by atoms with Crippen molar-refractivity contribution in [3.05, 3.63) is 23.2 Å². The van der Waals surface area contributed by atoms with Crippen LogP contribution in [-0.2, 0) is 4.79 Å². The van der Waals surface area contributed by atoms with E-state index < -0.39 is 0 Å². The Balaban J connectivity index is 1.82. The molecule has 0 spiro atoms. The lowest BCUT2D eigenvalue weighted by Gasteiger charge is -2.16. The zero-order valence-corrected chi connectivity index (χ0v) is 13.1. The number of nitrogen functional groups attached to an aromatic ring is 1. The van der Waals surface area contributed by atoms with Gasteiger partial charge in [0.2, 0.25) is 5.91 Å². The van der Waals surface area contributed by atoms with Gasteiger partial charge in [-0.25, -0.2) is 0 Å². The fraction of sp³-hybridized carbons (Fsp3) is 0.533. The second kappa shape index (κ2) is 7.79. The van der Waals surface area contributed by atoms with Crippen molar-refractivity contribution in [3.8, 4) is 0 Å². The van der Waals surface area contributed by atoms with Gasteiger partial charge in [0.05, 0.1) is 10.8 Å². The molecule has 1 fully saturated rings. The largest absolute Gasteiger partial charge is 0.398 e. The Morgan fingerprint density at radius 3 is 2.65 bits per heavy atom. The molecule has 1 aliphatic rings. The van der Waals surface area contributed by atoms with E-state index in [1.54, 1.807) is 12.1 Å². The lowest BCUT2D eigenvalue weighted by atomic mass is 10.1. The van der Waals surface area contributed by atoms with Crippen LogP contribution in [-0.4, -0.2) is 17.7 Å². The molecular weight excluding hydrogens is 292 g/mol. The number of anilines is 1. The number of carbonyl (C=O) groups is 1. The lowest BCUT2D eigenvalue weighted by Crippen LogP contribution is -2.35. The molecule has 1 aromatic carbocycles. The number of hydrogen-bond donors (Lipinski definition) is 2. The summed E-state index contributed by atoms with van der Waals surface area (Å²) >= 11 is 7.50. The number of thioether (sulfide) groups is 1. The van der Waals surface area contributed by atoms with Crippen LogP contribution in [0.2, 0.25) is 5.02 Å². The Morgan fingerprint density at radius 2 is 2.00 bits per heavy atom. The van der Waals surface area contributed by atoms with Crippen molar-refractivity contribution in [1.29, 1.82) is 0 Å². The zero-order chi connectivity index (χ0) is 14.4. The highest BCUT2D eigenvalue weighted by Crippen LogP contribution is 2.32. The fourth-order valence-electron chi connectivity index (χ4n) is 2.51. The molecule has 1 aliphatic carbocycles. The van der Waals surface area contributed by atoms with E-state index in [-0.39, 0.29) is 5.91 Å². The monoisotopic (exact) mass is 312 g/mol. The van der Waals surface area contributed by atoms with E-state index in [2.05, 4.69) is 5.32 Å². The molecule has 0 aromatic heterocycles. The maximum atomic E-state index is 12.0. The van der Waals surface area contributed by atoms with Gasteiger partial charge in [-0.2, -0.15) is 0 Å². The highest BCUT2D eigenvalue weighted by molar-refractivity contribution is 8.00. The third-order valence-electron chi connectivity index (χ3n) is 3.57. The number of carbonyl (C=O) groups excluding carboxylic acids is 1. The van der Waals surface area contributed by atoms with Crippen molar-refractivity contribution >= 4 is 35.0 Å². The van der Waals surface area contributed by atoms with Gasteiger partial charge in [-0.1, -0.05) is 43.4 Å². The Labute approximate surface area is 129 Å². The molecule has 5 heteroatoms. The normalized spacial score (nSPS) is 16.6. The topological polar surface area (TPSA) is 55.1 Å². The summed E-state index contributed by atoms with van der Waals surface area (Å²) in [5, 5.41) is 3.73. The van der Waals surface area contributed by atoms with Gasteiger partial charge in [0.15, 0.2) is 0 Å². The van der Waals surface area contributed by atoms with Crippen molar-refractivity contribution in [2.24, 2.45) is 0 Å². The van der Waals surface area contributed by atoms with Gasteiger partial charge in [-0.3, -0.25) is 4.79 Å². The Kier molecular flexibility index (Phi) is 6.05. The van der Waals surface area contributed by atoms with Gasteiger partial charge >= 0.3 is 0 Å². The molecule has 0 saturated heterocycles. The molecule has 0 atom stereocenters. The number of amides is 1. The molecule has 0 aliphatic heterocycles. The minimum absolute atomic E-state index is 0.0706. The highest BCUT2D eigenvalue weighted by Gasteiger charge is 2.15. The molecule has 20 heavy (non-hydrogen) atoms. The van der Waals surface area contributed by atoms with Crippen molar-refractivity contribution in [2.75, 3.05) is 11.5 Å². The number of halogens is 1. The van der Waals surface area contributed by atoms with Crippen molar-refractivity contribution in [2.45, 2.75) is 49.5 Å². The zero-order valence-electron chi connectivity index (χ0n) is 11.5. The van der Waals surface area contributed by atoms with Crippen LogP contribution in [0.3, 0.4) is 0 Å². The van der Waals surface area contributed by atoms with E-state index in [0.717, 1.165) is 17.7 Å². The van der Waals surface area contributed by atoms with Gasteiger partial charge in [-0.05, 0) is 25.0 Å². The summed E-state index contributed by atoms with van der Waals surface area (Å²) in [6.45, 7) is 0. The van der Waals surface area contributed by atoms with Gasteiger partial charge in [0, 0.05) is 16.6 Å². The Morgan fingerprint density at radius 1 is 1.30 bits per heavy atom. The molecule has 1 amide bonds. The number of rotatable bonds is 4. The summed E-state index contributed by atoms with van der Waals surface area (Å²) in [6, 6.07) is 5.75. The van der Waals surface area contributed by atoms with Crippen LogP contribution >= 0.6 is 23.4 Å². The third kappa shape index (κ3) is 4.60. The number of benzene rings is 1. The average Bonchev–Trinajstić information content (AvgIpc) is 2.67. The lowest BCUT2D eigenvalue weighted by molar-refractivity contribution is -0.119. The molecular formula is C15H21ClN2OS. The minimum Gasteiger partial charge on any atom is -0.398 e. The smallest absolute Gasteiger partial charge is 0.230 e. The molecule has 0 bridgehead atoms. The summed E-state index contributed by atoms with van der Waals surface area (Å²) < 4.78 is 0.